The summed E-state index contributed by atoms with van der Waals surface area (Å²) in [6, 6.07) is 22.5. The van der Waals surface area contributed by atoms with Gasteiger partial charge in [0.2, 0.25) is 0 Å². The summed E-state index contributed by atoms with van der Waals surface area (Å²) in [6.45, 7) is 0.709. The van der Waals surface area contributed by atoms with E-state index in [0.29, 0.717) is 6.54 Å². The van der Waals surface area contributed by atoms with Crippen molar-refractivity contribution in [3.63, 3.8) is 0 Å². The molecule has 0 atom stereocenters. The van der Waals surface area contributed by atoms with Crippen LogP contribution < -0.4 is 0 Å². The first-order chi connectivity index (χ1) is 14.4. The van der Waals surface area contributed by atoms with Gasteiger partial charge >= 0.3 is 0 Å². The standard InChI is InChI=1S/C22H17N5S2/c1-2-7-16(8-3-1)14-27-21(17-9-6-12-23-13-17)25-26-22(27)28-15-20-24-18-10-4-5-11-19(18)29-20/h1-13H,14-15H2. The number of hydrogen-bond acceptors (Lipinski definition) is 6. The second-order valence-corrected chi connectivity index (χ2v) is 8.54. The van der Waals surface area contributed by atoms with E-state index in [1.807, 2.05) is 36.5 Å². The monoisotopic (exact) mass is 415 g/mol. The maximum Gasteiger partial charge on any atom is 0.192 e. The first-order valence-corrected chi connectivity index (χ1v) is 11.0. The van der Waals surface area contributed by atoms with Crippen LogP contribution in [0.25, 0.3) is 21.6 Å². The highest BCUT2D eigenvalue weighted by molar-refractivity contribution is 7.98. The maximum atomic E-state index is 4.74. The van der Waals surface area contributed by atoms with E-state index in [-0.39, 0.29) is 0 Å². The second-order valence-electron chi connectivity index (χ2n) is 6.48. The molecule has 0 N–H and O–H groups in total. The molecule has 5 aromatic rings. The van der Waals surface area contributed by atoms with Crippen LogP contribution in [-0.4, -0.2) is 24.7 Å². The SMILES string of the molecule is c1ccc(Cn2c(SCc3nc4ccccc4s3)nnc2-c2cccnc2)cc1. The van der Waals surface area contributed by atoms with Crippen LogP contribution in [0.1, 0.15) is 10.6 Å². The maximum absolute atomic E-state index is 4.74. The molecule has 0 saturated carbocycles. The first-order valence-electron chi connectivity index (χ1n) is 9.21. The Morgan fingerprint density at radius 3 is 2.59 bits per heavy atom. The molecule has 3 aromatic heterocycles. The number of thiazole rings is 1. The van der Waals surface area contributed by atoms with E-state index in [4.69, 9.17) is 4.98 Å². The minimum atomic E-state index is 0.709. The van der Waals surface area contributed by atoms with Gasteiger partial charge in [-0.25, -0.2) is 4.98 Å². The molecule has 142 valence electrons. The fourth-order valence-electron chi connectivity index (χ4n) is 3.12. The zero-order valence-corrected chi connectivity index (χ0v) is 17.1. The highest BCUT2D eigenvalue weighted by Gasteiger charge is 2.16. The number of nitrogens with zero attached hydrogens (tertiary/aromatic N) is 5. The largest absolute Gasteiger partial charge is 0.297 e. The van der Waals surface area contributed by atoms with Crippen molar-refractivity contribution in [2.24, 2.45) is 0 Å². The first kappa shape index (κ1) is 18.0. The molecule has 3 heterocycles. The number of pyridine rings is 1. The van der Waals surface area contributed by atoms with E-state index >= 15 is 0 Å². The predicted molar refractivity (Wildman–Crippen MR) is 118 cm³/mol. The van der Waals surface area contributed by atoms with E-state index in [0.717, 1.165) is 32.8 Å². The molecular formula is C22H17N5S2. The topological polar surface area (TPSA) is 56.5 Å². The van der Waals surface area contributed by atoms with E-state index in [9.17, 15) is 0 Å². The Labute approximate surface area is 176 Å². The lowest BCUT2D eigenvalue weighted by Crippen LogP contribution is -2.04. The van der Waals surface area contributed by atoms with Gasteiger partial charge in [-0.2, -0.15) is 0 Å². The Kier molecular flexibility index (Phi) is 5.06. The van der Waals surface area contributed by atoms with Crippen LogP contribution in [0, 0.1) is 0 Å². The van der Waals surface area contributed by atoms with Gasteiger partial charge in [-0.05, 0) is 29.8 Å². The third-order valence-electron chi connectivity index (χ3n) is 4.48. The van der Waals surface area contributed by atoms with Gasteiger partial charge in [-0.1, -0.05) is 54.2 Å². The average molecular weight is 416 g/mol. The lowest BCUT2D eigenvalue weighted by atomic mass is 10.2. The molecule has 0 bridgehead atoms. The molecule has 0 aliphatic carbocycles. The van der Waals surface area contributed by atoms with Crippen molar-refractivity contribution in [1.82, 2.24) is 24.7 Å². The average Bonchev–Trinajstić information content (AvgIpc) is 3.37. The fraction of sp³-hybridized carbons (Fsp3) is 0.0909. The molecule has 29 heavy (non-hydrogen) atoms. The molecular weight excluding hydrogens is 398 g/mol. The number of hydrogen-bond donors (Lipinski definition) is 0. The quantitative estimate of drug-likeness (QED) is 0.353. The van der Waals surface area contributed by atoms with Crippen molar-refractivity contribution in [2.45, 2.75) is 17.5 Å². The van der Waals surface area contributed by atoms with E-state index in [2.05, 4.69) is 56.1 Å². The highest BCUT2D eigenvalue weighted by atomic mass is 32.2. The number of fused-ring (bicyclic) bond motifs is 1. The van der Waals surface area contributed by atoms with Gasteiger partial charge in [0, 0.05) is 18.0 Å². The van der Waals surface area contributed by atoms with Crippen molar-refractivity contribution < 1.29 is 0 Å². The third-order valence-corrected chi connectivity index (χ3v) is 6.68. The molecule has 0 radical (unpaired) electrons. The summed E-state index contributed by atoms with van der Waals surface area (Å²) in [7, 11) is 0. The molecule has 0 spiro atoms. The predicted octanol–water partition coefficient (Wildman–Crippen LogP) is 5.29. The molecule has 0 unspecified atom stereocenters. The normalized spacial score (nSPS) is 11.2. The van der Waals surface area contributed by atoms with Crippen LogP contribution >= 0.6 is 23.1 Å². The Morgan fingerprint density at radius 1 is 0.897 bits per heavy atom. The van der Waals surface area contributed by atoms with Gasteiger partial charge in [-0.15, -0.1) is 21.5 Å². The Balaban J connectivity index is 1.46. The van der Waals surface area contributed by atoms with Crippen LogP contribution in [0.2, 0.25) is 0 Å². The molecule has 0 aliphatic heterocycles. The van der Waals surface area contributed by atoms with Crippen LogP contribution in [0.3, 0.4) is 0 Å². The van der Waals surface area contributed by atoms with E-state index in [1.54, 1.807) is 29.3 Å². The number of para-hydroxylation sites is 1. The van der Waals surface area contributed by atoms with E-state index in [1.165, 1.54) is 10.3 Å². The number of thioether (sulfide) groups is 1. The van der Waals surface area contributed by atoms with Crippen LogP contribution in [0.5, 0.6) is 0 Å². The van der Waals surface area contributed by atoms with Crippen molar-refractivity contribution in [2.75, 3.05) is 0 Å². The highest BCUT2D eigenvalue weighted by Crippen LogP contribution is 2.30. The van der Waals surface area contributed by atoms with Gasteiger partial charge < -0.3 is 0 Å². The summed E-state index contributed by atoms with van der Waals surface area (Å²) in [4.78, 5) is 8.98. The number of rotatable bonds is 6. The van der Waals surface area contributed by atoms with Crippen LogP contribution in [0.4, 0.5) is 0 Å². The Bertz CT molecular complexity index is 1200. The van der Waals surface area contributed by atoms with Crippen molar-refractivity contribution >= 4 is 33.3 Å². The van der Waals surface area contributed by atoms with Crippen molar-refractivity contribution in [3.05, 3.63) is 89.7 Å². The molecule has 5 rings (SSSR count). The molecule has 5 nitrogen and oxygen atoms in total. The van der Waals surface area contributed by atoms with E-state index < -0.39 is 0 Å². The summed E-state index contributed by atoms with van der Waals surface area (Å²) in [5.41, 5.74) is 3.22. The summed E-state index contributed by atoms with van der Waals surface area (Å²) in [5.74, 6) is 1.59. The third kappa shape index (κ3) is 3.92. The van der Waals surface area contributed by atoms with Crippen LogP contribution in [0.15, 0.2) is 84.3 Å². The lowest BCUT2D eigenvalue weighted by molar-refractivity contribution is 0.714. The van der Waals surface area contributed by atoms with Gasteiger partial charge in [0.15, 0.2) is 11.0 Å². The summed E-state index contributed by atoms with van der Waals surface area (Å²) >= 11 is 3.40. The molecule has 2 aromatic carbocycles. The zero-order chi connectivity index (χ0) is 19.5. The van der Waals surface area contributed by atoms with Crippen LogP contribution in [-0.2, 0) is 12.3 Å². The lowest BCUT2D eigenvalue weighted by Gasteiger charge is -2.10. The molecule has 0 saturated heterocycles. The molecule has 0 amide bonds. The molecule has 0 fully saturated rings. The van der Waals surface area contributed by atoms with Crippen molar-refractivity contribution in [3.8, 4) is 11.4 Å². The minimum absolute atomic E-state index is 0.709. The van der Waals surface area contributed by atoms with Gasteiger partial charge in [0.1, 0.15) is 5.01 Å². The zero-order valence-electron chi connectivity index (χ0n) is 15.5. The molecule has 7 heteroatoms. The Morgan fingerprint density at radius 2 is 1.76 bits per heavy atom. The number of benzene rings is 2. The summed E-state index contributed by atoms with van der Waals surface area (Å²) in [6.07, 6.45) is 3.59. The Hall–Kier alpha value is -3.03. The van der Waals surface area contributed by atoms with Gasteiger partial charge in [0.05, 0.1) is 22.5 Å². The van der Waals surface area contributed by atoms with Crippen molar-refractivity contribution in [1.29, 1.82) is 0 Å². The summed E-state index contributed by atoms with van der Waals surface area (Å²) in [5, 5.41) is 10.9. The number of aromatic nitrogens is 5. The molecule has 0 aliphatic rings. The minimum Gasteiger partial charge on any atom is -0.297 e. The smallest absolute Gasteiger partial charge is 0.192 e. The van der Waals surface area contributed by atoms with Gasteiger partial charge in [0.25, 0.3) is 0 Å². The van der Waals surface area contributed by atoms with Gasteiger partial charge in [-0.3, -0.25) is 9.55 Å². The summed E-state index contributed by atoms with van der Waals surface area (Å²) < 4.78 is 3.37. The second kappa shape index (κ2) is 8.14. The fourth-order valence-corrected chi connectivity index (χ4v) is 5.02.